The molecule has 0 heterocycles. The van der Waals surface area contributed by atoms with Crippen LogP contribution >= 0.6 is 0 Å². The molecule has 6 heteroatoms. The molecule has 21 heavy (non-hydrogen) atoms. The van der Waals surface area contributed by atoms with E-state index in [0.29, 0.717) is 18.0 Å². The van der Waals surface area contributed by atoms with Crippen LogP contribution in [0.4, 0.5) is 5.69 Å². The topological polar surface area (TPSA) is 67.4 Å². The molecule has 0 atom stereocenters. The van der Waals surface area contributed by atoms with Gasteiger partial charge in [0.2, 0.25) is 10.0 Å². The van der Waals surface area contributed by atoms with Gasteiger partial charge in [-0.15, -0.1) is 0 Å². The zero-order valence-electron chi connectivity index (χ0n) is 13.3. The van der Waals surface area contributed by atoms with Crippen LogP contribution in [0.2, 0.25) is 0 Å². The second-order valence-corrected chi connectivity index (χ2v) is 6.77. The summed E-state index contributed by atoms with van der Waals surface area (Å²) in [4.78, 5) is 0.385. The minimum atomic E-state index is -3.46. The van der Waals surface area contributed by atoms with Gasteiger partial charge >= 0.3 is 0 Å². The van der Waals surface area contributed by atoms with Crippen LogP contribution < -0.4 is 10.0 Å². The maximum Gasteiger partial charge on any atom is 0.241 e. The third-order valence-corrected chi connectivity index (χ3v) is 4.94. The normalized spacial score (nSPS) is 11.6. The van der Waals surface area contributed by atoms with Gasteiger partial charge in [-0.1, -0.05) is 0 Å². The summed E-state index contributed by atoms with van der Waals surface area (Å²) in [5.41, 5.74) is 2.47. The molecule has 0 amide bonds. The number of aryl methyl sites for hydroxylation is 2. The summed E-state index contributed by atoms with van der Waals surface area (Å²) in [5, 5.41) is 3.21. The summed E-state index contributed by atoms with van der Waals surface area (Å²) in [6, 6.07) is 3.74. The van der Waals surface area contributed by atoms with Crippen molar-refractivity contribution in [1.82, 2.24) is 4.72 Å². The van der Waals surface area contributed by atoms with Crippen LogP contribution in [0.5, 0.6) is 0 Å². The Bertz CT molecular complexity index is 533. The summed E-state index contributed by atoms with van der Waals surface area (Å²) in [5.74, 6) is 0. The molecule has 0 aliphatic rings. The monoisotopic (exact) mass is 314 g/mol. The molecule has 120 valence electrons. The van der Waals surface area contributed by atoms with Crippen LogP contribution in [0.15, 0.2) is 17.0 Å². The number of hydrogen-bond acceptors (Lipinski definition) is 4. The predicted octanol–water partition coefficient (Wildman–Crippen LogP) is 2.44. The highest BCUT2D eigenvalue weighted by atomic mass is 32.2. The molecular weight excluding hydrogens is 288 g/mol. The fourth-order valence-corrected chi connectivity index (χ4v) is 3.85. The van der Waals surface area contributed by atoms with Gasteiger partial charge < -0.3 is 10.1 Å². The largest absolute Gasteiger partial charge is 0.385 e. The van der Waals surface area contributed by atoms with Crippen molar-refractivity contribution in [3.63, 3.8) is 0 Å². The molecule has 2 N–H and O–H groups in total. The third kappa shape index (κ3) is 5.30. The van der Waals surface area contributed by atoms with E-state index in [9.17, 15) is 8.42 Å². The Hall–Kier alpha value is -1.11. The van der Waals surface area contributed by atoms with Crippen molar-refractivity contribution in [1.29, 1.82) is 0 Å². The van der Waals surface area contributed by atoms with Gasteiger partial charge in [-0.05, 0) is 56.9 Å². The maximum atomic E-state index is 12.4. The van der Waals surface area contributed by atoms with Crippen molar-refractivity contribution in [3.05, 3.63) is 23.3 Å². The second-order valence-electron chi connectivity index (χ2n) is 5.07. The van der Waals surface area contributed by atoms with Crippen molar-refractivity contribution in [2.24, 2.45) is 0 Å². The molecule has 0 saturated carbocycles. The van der Waals surface area contributed by atoms with Gasteiger partial charge in [-0.2, -0.15) is 0 Å². The number of sulfonamides is 1. The van der Waals surface area contributed by atoms with E-state index in [1.165, 1.54) is 0 Å². The highest BCUT2D eigenvalue weighted by molar-refractivity contribution is 7.89. The molecule has 0 bridgehead atoms. The third-order valence-electron chi connectivity index (χ3n) is 3.18. The summed E-state index contributed by atoms with van der Waals surface area (Å²) in [7, 11) is -1.82. The van der Waals surface area contributed by atoms with Gasteiger partial charge in [0.15, 0.2) is 0 Å². The number of anilines is 1. The second kappa shape index (κ2) is 8.36. The van der Waals surface area contributed by atoms with E-state index in [4.69, 9.17) is 4.74 Å². The molecular formula is C15H26N2O3S. The molecule has 1 aromatic rings. The first-order valence-electron chi connectivity index (χ1n) is 7.26. The zero-order valence-corrected chi connectivity index (χ0v) is 14.1. The van der Waals surface area contributed by atoms with E-state index in [1.54, 1.807) is 7.11 Å². The lowest BCUT2D eigenvalue weighted by atomic mass is 10.1. The lowest BCUT2D eigenvalue weighted by Gasteiger charge is -2.14. The molecule has 5 nitrogen and oxygen atoms in total. The molecule has 1 aromatic carbocycles. The number of methoxy groups -OCH3 is 1. The van der Waals surface area contributed by atoms with Crippen LogP contribution in [0.25, 0.3) is 0 Å². The van der Waals surface area contributed by atoms with Crippen LogP contribution in [-0.4, -0.2) is 35.2 Å². The van der Waals surface area contributed by atoms with Gasteiger partial charge in [0.25, 0.3) is 0 Å². The van der Waals surface area contributed by atoms with Crippen molar-refractivity contribution in [2.75, 3.05) is 32.1 Å². The minimum absolute atomic E-state index is 0.385. The zero-order chi connectivity index (χ0) is 15.9. The lowest BCUT2D eigenvalue weighted by Crippen LogP contribution is -2.26. The van der Waals surface area contributed by atoms with Crippen LogP contribution in [0, 0.1) is 13.8 Å². The molecule has 0 unspecified atom stereocenters. The first-order valence-corrected chi connectivity index (χ1v) is 8.74. The fraction of sp³-hybridized carbons (Fsp3) is 0.600. The number of ether oxygens (including phenoxy) is 1. The van der Waals surface area contributed by atoms with E-state index in [-0.39, 0.29) is 0 Å². The molecule has 0 aliphatic carbocycles. The molecule has 0 radical (unpaired) electrons. The minimum Gasteiger partial charge on any atom is -0.385 e. The van der Waals surface area contributed by atoms with Crippen molar-refractivity contribution < 1.29 is 13.2 Å². The predicted molar refractivity (Wildman–Crippen MR) is 86.4 cm³/mol. The molecule has 0 aliphatic heterocycles. The standard InChI is InChI=1S/C15H26N2O3S/c1-5-16-14-10-12(2)15(13(3)11-14)21(18,19)17-8-6-7-9-20-4/h10-11,16-17H,5-9H2,1-4H3. The van der Waals surface area contributed by atoms with E-state index in [0.717, 1.165) is 36.2 Å². The Labute approximate surface area is 128 Å². The Balaban J connectivity index is 2.83. The highest BCUT2D eigenvalue weighted by Crippen LogP contribution is 2.24. The van der Waals surface area contributed by atoms with E-state index < -0.39 is 10.0 Å². The van der Waals surface area contributed by atoms with Gasteiger partial charge in [0, 0.05) is 32.5 Å². The molecule has 0 aromatic heterocycles. The van der Waals surface area contributed by atoms with Gasteiger partial charge in [0.05, 0.1) is 4.90 Å². The van der Waals surface area contributed by atoms with Gasteiger partial charge in [-0.25, -0.2) is 13.1 Å². The van der Waals surface area contributed by atoms with E-state index in [2.05, 4.69) is 10.0 Å². The quantitative estimate of drug-likeness (QED) is 0.687. The van der Waals surface area contributed by atoms with Crippen LogP contribution in [0.3, 0.4) is 0 Å². The summed E-state index contributed by atoms with van der Waals surface area (Å²) in [6.45, 7) is 7.55. The van der Waals surface area contributed by atoms with Crippen LogP contribution in [-0.2, 0) is 14.8 Å². The number of hydrogen-bond donors (Lipinski definition) is 2. The average Bonchev–Trinajstić information content (AvgIpc) is 2.37. The van der Waals surface area contributed by atoms with E-state index in [1.807, 2.05) is 32.9 Å². The first kappa shape index (κ1) is 17.9. The summed E-state index contributed by atoms with van der Waals surface area (Å²) >= 11 is 0. The maximum absolute atomic E-state index is 12.4. The van der Waals surface area contributed by atoms with E-state index >= 15 is 0 Å². The van der Waals surface area contributed by atoms with Crippen LogP contribution in [0.1, 0.15) is 30.9 Å². The molecule has 1 rings (SSSR count). The Morgan fingerprint density at radius 1 is 1.14 bits per heavy atom. The fourth-order valence-electron chi connectivity index (χ4n) is 2.33. The average molecular weight is 314 g/mol. The van der Waals surface area contributed by atoms with Crippen molar-refractivity contribution >= 4 is 15.7 Å². The Morgan fingerprint density at radius 2 is 1.76 bits per heavy atom. The summed E-state index contributed by atoms with van der Waals surface area (Å²) in [6.07, 6.45) is 1.61. The number of benzene rings is 1. The Kier molecular flexibility index (Phi) is 7.14. The molecule has 0 spiro atoms. The lowest BCUT2D eigenvalue weighted by molar-refractivity contribution is 0.193. The van der Waals surface area contributed by atoms with Crippen molar-refractivity contribution in [3.8, 4) is 0 Å². The van der Waals surface area contributed by atoms with Gasteiger partial charge in [-0.3, -0.25) is 0 Å². The Morgan fingerprint density at radius 3 is 2.29 bits per heavy atom. The first-order chi connectivity index (χ1) is 9.92. The number of nitrogens with one attached hydrogen (secondary N) is 2. The number of unbranched alkanes of at least 4 members (excludes halogenated alkanes) is 1. The SMILES string of the molecule is CCNc1cc(C)c(S(=O)(=O)NCCCCOC)c(C)c1. The number of rotatable bonds is 9. The van der Waals surface area contributed by atoms with Crippen molar-refractivity contribution in [2.45, 2.75) is 38.5 Å². The summed E-state index contributed by atoms with van der Waals surface area (Å²) < 4.78 is 32.4. The molecule has 0 fully saturated rings. The smallest absolute Gasteiger partial charge is 0.241 e. The van der Waals surface area contributed by atoms with Gasteiger partial charge in [0.1, 0.15) is 0 Å². The molecule has 0 saturated heterocycles. The highest BCUT2D eigenvalue weighted by Gasteiger charge is 2.19.